The van der Waals surface area contributed by atoms with Gasteiger partial charge in [0.25, 0.3) is 11.8 Å². The van der Waals surface area contributed by atoms with Crippen LogP contribution < -0.4 is 0 Å². The molecule has 0 bridgehead atoms. The van der Waals surface area contributed by atoms with E-state index in [0.717, 1.165) is 5.69 Å². The Hall–Kier alpha value is -2.80. The zero-order valence-corrected chi connectivity index (χ0v) is 15.7. The molecular formula is C20H24N4O3. The Morgan fingerprint density at radius 3 is 2.44 bits per heavy atom. The normalized spacial score (nSPS) is 15.3. The fourth-order valence-electron chi connectivity index (χ4n) is 2.98. The fourth-order valence-corrected chi connectivity index (χ4v) is 2.98. The number of nitrogens with zero attached hydrogens (tertiary/aromatic N) is 4. The Morgan fingerprint density at radius 1 is 1.15 bits per heavy atom. The standard InChI is InChI=1S/C20H24N4O3/c1-15(13-18-14-21-7-8-22-18)23(2)19(25)16-3-5-17(6-4-16)20(26)24-9-11-27-12-10-24/h3-8,14-15H,9-13H2,1-2H3. The van der Waals surface area contributed by atoms with Gasteiger partial charge in [-0.05, 0) is 31.2 Å². The molecule has 27 heavy (non-hydrogen) atoms. The van der Waals surface area contributed by atoms with Gasteiger partial charge in [0.05, 0.1) is 18.9 Å². The van der Waals surface area contributed by atoms with Gasteiger partial charge in [-0.25, -0.2) is 0 Å². The lowest BCUT2D eigenvalue weighted by molar-refractivity contribution is 0.0303. The third-order valence-corrected chi connectivity index (χ3v) is 4.78. The summed E-state index contributed by atoms with van der Waals surface area (Å²) < 4.78 is 5.28. The SMILES string of the molecule is CC(Cc1cnccn1)N(C)C(=O)c1ccc(C(=O)N2CCOCC2)cc1. The predicted octanol–water partition coefficient (Wildman–Crippen LogP) is 1.65. The maximum absolute atomic E-state index is 12.7. The van der Waals surface area contributed by atoms with Crippen molar-refractivity contribution in [2.24, 2.45) is 0 Å². The van der Waals surface area contributed by atoms with Crippen LogP contribution in [-0.4, -0.2) is 71.0 Å². The number of ether oxygens (including phenoxy) is 1. The molecule has 2 amide bonds. The number of carbonyl (C=O) groups is 2. The topological polar surface area (TPSA) is 75.6 Å². The zero-order valence-electron chi connectivity index (χ0n) is 15.7. The Kier molecular flexibility index (Phi) is 6.13. The van der Waals surface area contributed by atoms with E-state index in [0.29, 0.717) is 43.9 Å². The molecule has 3 rings (SSSR count). The van der Waals surface area contributed by atoms with E-state index in [4.69, 9.17) is 4.74 Å². The third-order valence-electron chi connectivity index (χ3n) is 4.78. The van der Waals surface area contributed by atoms with Gasteiger partial charge in [-0.3, -0.25) is 19.6 Å². The second kappa shape index (κ2) is 8.73. The van der Waals surface area contributed by atoms with Crippen molar-refractivity contribution in [1.29, 1.82) is 0 Å². The van der Waals surface area contributed by atoms with Crippen LogP contribution in [0, 0.1) is 0 Å². The van der Waals surface area contributed by atoms with Crippen LogP contribution in [-0.2, 0) is 11.2 Å². The lowest BCUT2D eigenvalue weighted by Crippen LogP contribution is -2.40. The van der Waals surface area contributed by atoms with Gasteiger partial charge < -0.3 is 14.5 Å². The van der Waals surface area contributed by atoms with Crippen molar-refractivity contribution in [2.45, 2.75) is 19.4 Å². The largest absolute Gasteiger partial charge is 0.378 e. The molecule has 0 saturated carbocycles. The molecule has 0 radical (unpaired) electrons. The monoisotopic (exact) mass is 368 g/mol. The van der Waals surface area contributed by atoms with Crippen molar-refractivity contribution >= 4 is 11.8 Å². The van der Waals surface area contributed by atoms with Crippen molar-refractivity contribution in [3.8, 4) is 0 Å². The van der Waals surface area contributed by atoms with Crippen LogP contribution in [0.3, 0.4) is 0 Å². The van der Waals surface area contributed by atoms with Crippen LogP contribution in [0.4, 0.5) is 0 Å². The van der Waals surface area contributed by atoms with Crippen LogP contribution in [0.1, 0.15) is 33.3 Å². The highest BCUT2D eigenvalue weighted by Crippen LogP contribution is 2.13. The predicted molar refractivity (Wildman–Crippen MR) is 100 cm³/mol. The number of rotatable bonds is 5. The smallest absolute Gasteiger partial charge is 0.254 e. The van der Waals surface area contributed by atoms with E-state index in [1.54, 1.807) is 59.7 Å². The van der Waals surface area contributed by atoms with Gasteiger partial charge in [-0.2, -0.15) is 0 Å². The van der Waals surface area contributed by atoms with Crippen molar-refractivity contribution < 1.29 is 14.3 Å². The molecule has 1 aliphatic heterocycles. The van der Waals surface area contributed by atoms with Gasteiger partial charge >= 0.3 is 0 Å². The molecule has 2 heterocycles. The first-order valence-electron chi connectivity index (χ1n) is 9.05. The summed E-state index contributed by atoms with van der Waals surface area (Å²) in [6.07, 6.45) is 5.61. The van der Waals surface area contributed by atoms with Crippen molar-refractivity contribution in [3.05, 3.63) is 59.7 Å². The number of aromatic nitrogens is 2. The summed E-state index contributed by atoms with van der Waals surface area (Å²) in [5.74, 6) is -0.113. The Labute approximate surface area is 159 Å². The minimum Gasteiger partial charge on any atom is -0.378 e. The van der Waals surface area contributed by atoms with Crippen molar-refractivity contribution in [1.82, 2.24) is 19.8 Å². The molecule has 2 aromatic rings. The van der Waals surface area contributed by atoms with Gasteiger partial charge in [0.15, 0.2) is 0 Å². The lowest BCUT2D eigenvalue weighted by atomic mass is 10.1. The molecule has 0 N–H and O–H groups in total. The van der Waals surface area contributed by atoms with E-state index in [1.807, 2.05) is 6.92 Å². The van der Waals surface area contributed by atoms with E-state index >= 15 is 0 Å². The third kappa shape index (κ3) is 4.68. The Balaban J connectivity index is 1.63. The van der Waals surface area contributed by atoms with Crippen LogP contribution in [0.5, 0.6) is 0 Å². The van der Waals surface area contributed by atoms with Gasteiger partial charge in [0.2, 0.25) is 0 Å². The second-order valence-electron chi connectivity index (χ2n) is 6.65. The highest BCUT2D eigenvalue weighted by molar-refractivity contribution is 5.97. The van der Waals surface area contributed by atoms with Crippen molar-refractivity contribution in [2.75, 3.05) is 33.4 Å². The molecule has 1 saturated heterocycles. The molecule has 1 fully saturated rings. The summed E-state index contributed by atoms with van der Waals surface area (Å²) >= 11 is 0. The number of amides is 2. The maximum Gasteiger partial charge on any atom is 0.254 e. The zero-order chi connectivity index (χ0) is 19.2. The molecule has 142 valence electrons. The minimum atomic E-state index is -0.0863. The molecule has 1 aliphatic rings. The van der Waals surface area contributed by atoms with E-state index in [1.165, 1.54) is 0 Å². The number of hydrogen-bond donors (Lipinski definition) is 0. The van der Waals surface area contributed by atoms with Crippen LogP contribution in [0.2, 0.25) is 0 Å². The van der Waals surface area contributed by atoms with Crippen molar-refractivity contribution in [3.63, 3.8) is 0 Å². The number of benzene rings is 1. The van der Waals surface area contributed by atoms with Crippen LogP contribution >= 0.6 is 0 Å². The van der Waals surface area contributed by atoms with Gasteiger partial charge in [-0.15, -0.1) is 0 Å². The molecule has 1 unspecified atom stereocenters. The van der Waals surface area contributed by atoms with Crippen LogP contribution in [0.25, 0.3) is 0 Å². The molecular weight excluding hydrogens is 344 g/mol. The average Bonchev–Trinajstić information content (AvgIpc) is 2.73. The fraction of sp³-hybridized carbons (Fsp3) is 0.400. The molecule has 1 aromatic carbocycles. The summed E-state index contributed by atoms with van der Waals surface area (Å²) in [5.41, 5.74) is 1.99. The first kappa shape index (κ1) is 19.0. The van der Waals surface area contributed by atoms with Crippen LogP contribution in [0.15, 0.2) is 42.9 Å². The second-order valence-corrected chi connectivity index (χ2v) is 6.65. The van der Waals surface area contributed by atoms with Gasteiger partial charge in [-0.1, -0.05) is 0 Å². The van der Waals surface area contributed by atoms with E-state index in [2.05, 4.69) is 9.97 Å². The van der Waals surface area contributed by atoms with E-state index < -0.39 is 0 Å². The molecule has 0 spiro atoms. The molecule has 7 nitrogen and oxygen atoms in total. The maximum atomic E-state index is 12.7. The minimum absolute atomic E-state index is 0.0242. The molecule has 7 heteroatoms. The summed E-state index contributed by atoms with van der Waals surface area (Å²) in [6.45, 7) is 4.31. The summed E-state index contributed by atoms with van der Waals surface area (Å²) in [5, 5.41) is 0. The first-order valence-corrected chi connectivity index (χ1v) is 9.05. The summed E-state index contributed by atoms with van der Waals surface area (Å²) in [6, 6.07) is 6.82. The Bertz CT molecular complexity index is 774. The van der Waals surface area contributed by atoms with Gasteiger partial charge in [0, 0.05) is 62.3 Å². The van der Waals surface area contributed by atoms with E-state index in [-0.39, 0.29) is 17.9 Å². The van der Waals surface area contributed by atoms with Gasteiger partial charge in [0.1, 0.15) is 0 Å². The quantitative estimate of drug-likeness (QED) is 0.802. The molecule has 1 atom stereocenters. The first-order chi connectivity index (χ1) is 13.1. The average molecular weight is 368 g/mol. The lowest BCUT2D eigenvalue weighted by Gasteiger charge is -2.27. The number of hydrogen-bond acceptors (Lipinski definition) is 5. The molecule has 1 aromatic heterocycles. The van der Waals surface area contributed by atoms with E-state index in [9.17, 15) is 9.59 Å². The summed E-state index contributed by atoms with van der Waals surface area (Å²) in [4.78, 5) is 37.0. The molecule has 0 aliphatic carbocycles. The number of carbonyl (C=O) groups excluding carboxylic acids is 2. The summed E-state index contributed by atoms with van der Waals surface area (Å²) in [7, 11) is 1.77. The Morgan fingerprint density at radius 2 is 1.81 bits per heavy atom. The highest BCUT2D eigenvalue weighted by atomic mass is 16.5. The number of morpholine rings is 1. The number of likely N-dealkylation sites (N-methyl/N-ethyl adjacent to an activating group) is 1. The highest BCUT2D eigenvalue weighted by Gasteiger charge is 2.21.